The Morgan fingerprint density at radius 2 is 1.96 bits per heavy atom. The number of methoxy groups -OCH3 is 1. The topological polar surface area (TPSA) is 74.9 Å². The van der Waals surface area contributed by atoms with Crippen LogP contribution >= 0.6 is 0 Å². The molecule has 0 saturated heterocycles. The fourth-order valence-corrected chi connectivity index (χ4v) is 2.82. The van der Waals surface area contributed by atoms with Crippen LogP contribution in [0, 0.1) is 0 Å². The third-order valence-corrected chi connectivity index (χ3v) is 4.51. The van der Waals surface area contributed by atoms with Crippen molar-refractivity contribution in [3.63, 3.8) is 0 Å². The molecule has 1 aromatic heterocycles. The third-order valence-electron chi connectivity index (χ3n) is 4.51. The molecule has 0 aliphatic heterocycles. The van der Waals surface area contributed by atoms with Crippen molar-refractivity contribution in [2.45, 2.75) is 38.8 Å². The molecule has 0 saturated carbocycles. The van der Waals surface area contributed by atoms with Crippen LogP contribution in [-0.2, 0) is 12.0 Å². The number of benzene rings is 1. The number of rotatable bonds is 7. The van der Waals surface area contributed by atoms with Crippen molar-refractivity contribution < 1.29 is 9.15 Å². The third kappa shape index (κ3) is 5.73. The van der Waals surface area contributed by atoms with Gasteiger partial charge in [-0.2, -0.15) is 0 Å². The molecule has 154 valence electrons. The van der Waals surface area contributed by atoms with Gasteiger partial charge in [-0.15, -0.1) is 0 Å². The van der Waals surface area contributed by atoms with E-state index in [1.165, 1.54) is 0 Å². The van der Waals surface area contributed by atoms with Crippen LogP contribution in [0.3, 0.4) is 0 Å². The van der Waals surface area contributed by atoms with Crippen molar-refractivity contribution >= 4 is 5.96 Å². The lowest BCUT2D eigenvalue weighted by molar-refractivity contribution is 0.287. The van der Waals surface area contributed by atoms with Gasteiger partial charge in [0.15, 0.2) is 5.96 Å². The highest BCUT2D eigenvalue weighted by molar-refractivity contribution is 5.79. The molecular weight excluding hydrogens is 354 g/mol. The summed E-state index contributed by atoms with van der Waals surface area (Å²) in [6.45, 7) is 7.45. The van der Waals surface area contributed by atoms with Gasteiger partial charge in [0.05, 0.1) is 25.9 Å². The van der Waals surface area contributed by atoms with Gasteiger partial charge in [0.25, 0.3) is 0 Å². The average molecular weight is 388 g/mol. The molecule has 0 amide bonds. The normalized spacial score (nSPS) is 13.5. The predicted octanol–water partition coefficient (Wildman–Crippen LogP) is 2.95. The Morgan fingerprint density at radius 1 is 1.25 bits per heavy atom. The van der Waals surface area contributed by atoms with Gasteiger partial charge in [0.1, 0.15) is 11.5 Å². The molecule has 7 heteroatoms. The summed E-state index contributed by atoms with van der Waals surface area (Å²) in [5.41, 5.74) is 1.07. The van der Waals surface area contributed by atoms with Gasteiger partial charge in [-0.1, -0.05) is 39.0 Å². The van der Waals surface area contributed by atoms with E-state index < -0.39 is 0 Å². The Morgan fingerprint density at radius 3 is 2.54 bits per heavy atom. The molecule has 0 radical (unpaired) electrons. The Balaban J connectivity index is 1.99. The first-order valence-electron chi connectivity index (χ1n) is 9.45. The Hall–Kier alpha value is -2.54. The van der Waals surface area contributed by atoms with Crippen molar-refractivity contribution in [2.24, 2.45) is 4.99 Å². The maximum Gasteiger partial charge on any atom is 0.213 e. The number of hydrogen-bond acceptors (Lipinski definition) is 5. The number of aliphatic imine (C=N–C) groups is 1. The molecule has 0 aliphatic rings. The number of guanidine groups is 1. The van der Waals surface area contributed by atoms with Crippen LogP contribution in [0.1, 0.15) is 44.0 Å². The van der Waals surface area contributed by atoms with Crippen LogP contribution in [0.2, 0.25) is 0 Å². The first kappa shape index (κ1) is 21.8. The second-order valence-corrected chi connectivity index (χ2v) is 7.90. The zero-order valence-electron chi connectivity index (χ0n) is 18.0. The van der Waals surface area contributed by atoms with E-state index in [1.54, 1.807) is 20.4 Å². The standard InChI is InChI=1S/C21H33N5O2/c1-21(2,3)18-13-23-19(28-18)14-25-20(22-4)24-12-16(26(5)6)15-10-8-9-11-17(15)27-7/h8-11,13,16H,12,14H2,1-7H3,(H2,22,24,25). The lowest BCUT2D eigenvalue weighted by atomic mass is 9.94. The van der Waals surface area contributed by atoms with E-state index in [9.17, 15) is 0 Å². The summed E-state index contributed by atoms with van der Waals surface area (Å²) in [6.07, 6.45) is 1.79. The van der Waals surface area contributed by atoms with Crippen LogP contribution in [0.25, 0.3) is 0 Å². The second-order valence-electron chi connectivity index (χ2n) is 7.90. The van der Waals surface area contributed by atoms with Gasteiger partial charge in [-0.25, -0.2) is 4.98 Å². The van der Waals surface area contributed by atoms with E-state index >= 15 is 0 Å². The van der Waals surface area contributed by atoms with Crippen LogP contribution in [0.4, 0.5) is 0 Å². The van der Waals surface area contributed by atoms with Gasteiger partial charge in [0, 0.05) is 24.6 Å². The predicted molar refractivity (Wildman–Crippen MR) is 113 cm³/mol. The highest BCUT2D eigenvalue weighted by Gasteiger charge is 2.20. The molecule has 0 aliphatic carbocycles. The Labute approximate surface area is 168 Å². The van der Waals surface area contributed by atoms with Gasteiger partial charge < -0.3 is 24.7 Å². The molecule has 0 spiro atoms. The maximum absolute atomic E-state index is 5.83. The van der Waals surface area contributed by atoms with Crippen molar-refractivity contribution in [1.82, 2.24) is 20.5 Å². The van der Waals surface area contributed by atoms with Gasteiger partial charge in [-0.05, 0) is 20.2 Å². The highest BCUT2D eigenvalue weighted by atomic mass is 16.5. The van der Waals surface area contributed by atoms with Gasteiger partial charge in [-0.3, -0.25) is 4.99 Å². The molecule has 0 fully saturated rings. The van der Waals surface area contributed by atoms with E-state index in [1.807, 2.05) is 18.2 Å². The molecule has 2 N–H and O–H groups in total. The van der Waals surface area contributed by atoms with E-state index in [-0.39, 0.29) is 11.5 Å². The zero-order valence-corrected chi connectivity index (χ0v) is 18.0. The monoisotopic (exact) mass is 387 g/mol. The molecule has 28 heavy (non-hydrogen) atoms. The number of oxazole rings is 1. The fourth-order valence-electron chi connectivity index (χ4n) is 2.82. The molecule has 1 unspecified atom stereocenters. The number of hydrogen-bond donors (Lipinski definition) is 2. The van der Waals surface area contributed by atoms with Gasteiger partial charge >= 0.3 is 0 Å². The van der Waals surface area contributed by atoms with E-state index in [0.29, 0.717) is 24.9 Å². The Bertz CT molecular complexity index is 777. The first-order valence-corrected chi connectivity index (χ1v) is 9.45. The molecule has 1 aromatic carbocycles. The summed E-state index contributed by atoms with van der Waals surface area (Å²) >= 11 is 0. The van der Waals surface area contributed by atoms with Gasteiger partial charge in [0.2, 0.25) is 5.89 Å². The van der Waals surface area contributed by atoms with E-state index in [4.69, 9.17) is 9.15 Å². The first-order chi connectivity index (χ1) is 13.3. The summed E-state index contributed by atoms with van der Waals surface area (Å²) in [5, 5.41) is 6.64. The number of likely N-dealkylation sites (N-methyl/N-ethyl adjacent to an activating group) is 1. The zero-order chi connectivity index (χ0) is 20.7. The number of para-hydroxylation sites is 1. The van der Waals surface area contributed by atoms with Crippen LogP contribution in [0.5, 0.6) is 5.75 Å². The summed E-state index contributed by atoms with van der Waals surface area (Å²) in [7, 11) is 7.55. The number of nitrogens with zero attached hydrogens (tertiary/aromatic N) is 3. The second kappa shape index (κ2) is 9.59. The van der Waals surface area contributed by atoms with E-state index in [2.05, 4.69) is 66.4 Å². The molecule has 2 rings (SSSR count). The minimum atomic E-state index is -0.0567. The summed E-state index contributed by atoms with van der Waals surface area (Å²) in [5.74, 6) is 3.08. The molecular formula is C21H33N5O2. The molecule has 1 atom stereocenters. The SMILES string of the molecule is CN=C(NCc1ncc(C(C)(C)C)o1)NCC(c1ccccc1OC)N(C)C. The fraction of sp³-hybridized carbons (Fsp3) is 0.524. The smallest absolute Gasteiger partial charge is 0.213 e. The number of ether oxygens (including phenoxy) is 1. The number of nitrogens with one attached hydrogen (secondary N) is 2. The largest absolute Gasteiger partial charge is 0.496 e. The lowest BCUT2D eigenvalue weighted by Gasteiger charge is -2.27. The number of aromatic nitrogens is 1. The van der Waals surface area contributed by atoms with Crippen molar-refractivity contribution in [3.8, 4) is 5.75 Å². The van der Waals surface area contributed by atoms with Crippen LogP contribution < -0.4 is 15.4 Å². The Kier molecular flexibility index (Phi) is 7.45. The van der Waals surface area contributed by atoms with Crippen LogP contribution in [-0.4, -0.2) is 50.6 Å². The molecule has 7 nitrogen and oxygen atoms in total. The van der Waals surface area contributed by atoms with Crippen LogP contribution in [0.15, 0.2) is 39.9 Å². The van der Waals surface area contributed by atoms with Crippen molar-refractivity contribution in [2.75, 3.05) is 34.8 Å². The molecule has 2 aromatic rings. The minimum absolute atomic E-state index is 0.0567. The lowest BCUT2D eigenvalue weighted by Crippen LogP contribution is -2.41. The summed E-state index contributed by atoms with van der Waals surface area (Å²) < 4.78 is 11.3. The minimum Gasteiger partial charge on any atom is -0.496 e. The highest BCUT2D eigenvalue weighted by Crippen LogP contribution is 2.27. The maximum atomic E-state index is 5.83. The van der Waals surface area contributed by atoms with Crippen molar-refractivity contribution in [3.05, 3.63) is 47.7 Å². The summed E-state index contributed by atoms with van der Waals surface area (Å²) in [4.78, 5) is 10.8. The summed E-state index contributed by atoms with van der Waals surface area (Å²) in [6, 6.07) is 8.20. The molecule has 1 heterocycles. The quantitative estimate of drug-likeness (QED) is 0.562. The van der Waals surface area contributed by atoms with Crippen molar-refractivity contribution in [1.29, 1.82) is 0 Å². The average Bonchev–Trinajstić information content (AvgIpc) is 3.14. The van der Waals surface area contributed by atoms with E-state index in [0.717, 1.165) is 17.1 Å². The molecule has 0 bridgehead atoms.